The fraction of sp³-hybridized carbons (Fsp3) is 0.111. The van der Waals surface area contributed by atoms with E-state index in [0.717, 1.165) is 5.39 Å². The third-order valence-corrected chi connectivity index (χ3v) is 3.66. The molecule has 23 heavy (non-hydrogen) atoms. The van der Waals surface area contributed by atoms with Crippen LogP contribution < -0.4 is 0 Å². The van der Waals surface area contributed by atoms with Crippen LogP contribution in [0, 0.1) is 0 Å². The number of carbonyl (C=O) groups excluding carboxylic acids is 2. The van der Waals surface area contributed by atoms with Gasteiger partial charge in [0.2, 0.25) is 11.5 Å². The Morgan fingerprint density at radius 1 is 1.09 bits per heavy atom. The third-order valence-electron chi connectivity index (χ3n) is 3.41. The molecule has 116 valence electrons. The molecule has 1 aromatic heterocycles. The molecule has 0 N–H and O–H groups in total. The normalized spacial score (nSPS) is 12.1. The van der Waals surface area contributed by atoms with Crippen molar-refractivity contribution in [2.75, 3.05) is 0 Å². The van der Waals surface area contributed by atoms with Crippen LogP contribution >= 0.6 is 11.6 Å². The van der Waals surface area contributed by atoms with Gasteiger partial charge in [-0.15, -0.1) is 0 Å². The summed E-state index contributed by atoms with van der Waals surface area (Å²) in [7, 11) is 0. The summed E-state index contributed by atoms with van der Waals surface area (Å²) in [5.74, 6) is -0.899. The Labute approximate surface area is 137 Å². The van der Waals surface area contributed by atoms with Gasteiger partial charge in [-0.05, 0) is 43.3 Å². The number of Topliss-reactive ketones (excluding diaryl/α,β-unsaturated/α-hetero) is 1. The molecule has 0 aliphatic carbocycles. The quantitative estimate of drug-likeness (QED) is 0.522. The van der Waals surface area contributed by atoms with E-state index >= 15 is 0 Å². The smallest absolute Gasteiger partial charge is 0.374 e. The summed E-state index contributed by atoms with van der Waals surface area (Å²) in [6.07, 6.45) is -0.920. The molecule has 3 aromatic rings. The Morgan fingerprint density at radius 2 is 1.78 bits per heavy atom. The second-order valence-electron chi connectivity index (χ2n) is 5.07. The lowest BCUT2D eigenvalue weighted by Gasteiger charge is -2.11. The van der Waals surface area contributed by atoms with Crippen LogP contribution in [0.3, 0.4) is 0 Å². The highest BCUT2D eigenvalue weighted by molar-refractivity contribution is 6.30. The number of hydrogen-bond donors (Lipinski definition) is 0. The van der Waals surface area contributed by atoms with Crippen molar-refractivity contribution in [3.63, 3.8) is 0 Å². The Kier molecular flexibility index (Phi) is 4.17. The van der Waals surface area contributed by atoms with Gasteiger partial charge < -0.3 is 9.15 Å². The topological polar surface area (TPSA) is 56.5 Å². The van der Waals surface area contributed by atoms with Crippen LogP contribution in [0.25, 0.3) is 11.0 Å². The number of furan rings is 1. The summed E-state index contributed by atoms with van der Waals surface area (Å²) in [4.78, 5) is 24.4. The van der Waals surface area contributed by atoms with Crippen LogP contribution in [0.15, 0.2) is 59.0 Å². The van der Waals surface area contributed by atoms with Crippen LogP contribution in [0.2, 0.25) is 5.02 Å². The van der Waals surface area contributed by atoms with Gasteiger partial charge in [-0.1, -0.05) is 29.8 Å². The first kappa shape index (κ1) is 15.3. The monoisotopic (exact) mass is 328 g/mol. The van der Waals surface area contributed by atoms with Crippen molar-refractivity contribution in [3.8, 4) is 0 Å². The molecule has 1 atom stereocenters. The molecule has 0 saturated heterocycles. The number of hydrogen-bond acceptors (Lipinski definition) is 4. The maximum atomic E-state index is 12.2. The van der Waals surface area contributed by atoms with E-state index in [9.17, 15) is 9.59 Å². The zero-order valence-corrected chi connectivity index (χ0v) is 13.0. The van der Waals surface area contributed by atoms with Crippen molar-refractivity contribution in [3.05, 3.63) is 70.9 Å². The molecule has 0 aliphatic rings. The van der Waals surface area contributed by atoms with E-state index in [1.54, 1.807) is 36.4 Å². The van der Waals surface area contributed by atoms with E-state index in [1.165, 1.54) is 6.92 Å². The third kappa shape index (κ3) is 3.27. The van der Waals surface area contributed by atoms with E-state index in [2.05, 4.69) is 0 Å². The fourth-order valence-corrected chi connectivity index (χ4v) is 2.33. The molecule has 5 heteroatoms. The van der Waals surface area contributed by atoms with E-state index < -0.39 is 12.1 Å². The average Bonchev–Trinajstić information content (AvgIpc) is 2.99. The average molecular weight is 329 g/mol. The molecule has 0 unspecified atom stereocenters. The summed E-state index contributed by atoms with van der Waals surface area (Å²) >= 11 is 5.79. The molecule has 3 rings (SSSR count). The maximum absolute atomic E-state index is 12.2. The fourth-order valence-electron chi connectivity index (χ4n) is 2.20. The van der Waals surface area contributed by atoms with Crippen LogP contribution in [0.4, 0.5) is 0 Å². The number of halogens is 1. The molecule has 1 heterocycles. The molecule has 0 fully saturated rings. The summed E-state index contributed by atoms with van der Waals surface area (Å²) in [6.45, 7) is 1.53. The van der Waals surface area contributed by atoms with Gasteiger partial charge in [0, 0.05) is 16.0 Å². The van der Waals surface area contributed by atoms with Crippen LogP contribution in [0.5, 0.6) is 0 Å². The van der Waals surface area contributed by atoms with Gasteiger partial charge in [-0.2, -0.15) is 0 Å². The van der Waals surface area contributed by atoms with Crippen molar-refractivity contribution in [2.45, 2.75) is 13.0 Å². The number of ketones is 1. The number of carbonyl (C=O) groups is 2. The first-order chi connectivity index (χ1) is 11.0. The summed E-state index contributed by atoms with van der Waals surface area (Å²) in [5.41, 5.74) is 1.02. The molecule has 2 aromatic carbocycles. The first-order valence-corrected chi connectivity index (χ1v) is 7.42. The zero-order valence-electron chi connectivity index (χ0n) is 12.3. The molecule has 0 amide bonds. The lowest BCUT2D eigenvalue weighted by Crippen LogP contribution is -2.24. The molecule has 0 saturated carbocycles. The number of ether oxygens (including phenoxy) is 1. The predicted octanol–water partition coefficient (Wildman–Crippen LogP) is 4.51. The van der Waals surface area contributed by atoms with Gasteiger partial charge in [0.25, 0.3) is 0 Å². The summed E-state index contributed by atoms with van der Waals surface area (Å²) < 4.78 is 10.6. The van der Waals surface area contributed by atoms with Gasteiger partial charge in [-0.3, -0.25) is 4.79 Å². The minimum Gasteiger partial charge on any atom is -0.449 e. The van der Waals surface area contributed by atoms with Gasteiger partial charge in [0.1, 0.15) is 5.58 Å². The maximum Gasteiger partial charge on any atom is 0.374 e. The van der Waals surface area contributed by atoms with E-state index in [0.29, 0.717) is 16.2 Å². The highest BCUT2D eigenvalue weighted by atomic mass is 35.5. The number of esters is 1. The Balaban J connectivity index is 1.73. The van der Waals surface area contributed by atoms with Gasteiger partial charge in [0.15, 0.2) is 6.10 Å². The van der Waals surface area contributed by atoms with Crippen LogP contribution in [-0.2, 0) is 4.74 Å². The highest BCUT2D eigenvalue weighted by Gasteiger charge is 2.22. The minimum absolute atomic E-state index is 0.0713. The lowest BCUT2D eigenvalue weighted by molar-refractivity contribution is 0.0291. The van der Waals surface area contributed by atoms with Crippen LogP contribution in [-0.4, -0.2) is 17.9 Å². The molecule has 0 bridgehead atoms. The largest absolute Gasteiger partial charge is 0.449 e. The summed E-state index contributed by atoms with van der Waals surface area (Å²) in [5, 5.41) is 1.34. The Hall–Kier alpha value is -2.59. The molecule has 4 nitrogen and oxygen atoms in total. The van der Waals surface area contributed by atoms with E-state index in [4.69, 9.17) is 20.8 Å². The molecular weight excluding hydrogens is 316 g/mol. The molecule has 0 aliphatic heterocycles. The second kappa shape index (κ2) is 6.26. The van der Waals surface area contributed by atoms with Crippen LogP contribution in [0.1, 0.15) is 27.8 Å². The highest BCUT2D eigenvalue weighted by Crippen LogP contribution is 2.20. The van der Waals surface area contributed by atoms with Crippen molar-refractivity contribution in [1.82, 2.24) is 0 Å². The van der Waals surface area contributed by atoms with E-state index in [1.807, 2.05) is 18.2 Å². The predicted molar refractivity (Wildman–Crippen MR) is 86.9 cm³/mol. The Morgan fingerprint density at radius 3 is 2.48 bits per heavy atom. The van der Waals surface area contributed by atoms with Gasteiger partial charge in [0.05, 0.1) is 0 Å². The van der Waals surface area contributed by atoms with Crippen molar-refractivity contribution < 1.29 is 18.7 Å². The number of rotatable bonds is 4. The number of para-hydroxylation sites is 1. The first-order valence-electron chi connectivity index (χ1n) is 7.04. The number of fused-ring (bicyclic) bond motifs is 1. The zero-order chi connectivity index (χ0) is 16.4. The molecule has 0 spiro atoms. The second-order valence-corrected chi connectivity index (χ2v) is 5.50. The molecular formula is C18H13ClO4. The van der Waals surface area contributed by atoms with Crippen molar-refractivity contribution >= 4 is 34.3 Å². The van der Waals surface area contributed by atoms with E-state index in [-0.39, 0.29) is 11.5 Å². The number of benzene rings is 2. The lowest BCUT2D eigenvalue weighted by atomic mass is 10.1. The standard InChI is InChI=1S/C18H13ClO4/c1-11(17(20)12-6-8-14(19)9-7-12)22-18(21)16-10-13-4-2-3-5-15(13)23-16/h2-11H,1H3/t11-/m1/s1. The summed E-state index contributed by atoms with van der Waals surface area (Å²) in [6, 6.07) is 15.3. The SMILES string of the molecule is C[C@@H](OC(=O)c1cc2ccccc2o1)C(=O)c1ccc(Cl)cc1. The Bertz CT molecular complexity index is 831. The van der Waals surface area contributed by atoms with Gasteiger partial charge >= 0.3 is 5.97 Å². The van der Waals surface area contributed by atoms with Crippen molar-refractivity contribution in [2.24, 2.45) is 0 Å². The molecule has 0 radical (unpaired) electrons. The van der Waals surface area contributed by atoms with Crippen molar-refractivity contribution in [1.29, 1.82) is 0 Å². The van der Waals surface area contributed by atoms with Gasteiger partial charge in [-0.25, -0.2) is 4.79 Å². The minimum atomic E-state index is -0.920.